The molecule has 112 valence electrons. The van der Waals surface area contributed by atoms with E-state index in [9.17, 15) is 0 Å². The summed E-state index contributed by atoms with van der Waals surface area (Å²) < 4.78 is 5.86. The molecule has 0 radical (unpaired) electrons. The summed E-state index contributed by atoms with van der Waals surface area (Å²) in [5.41, 5.74) is 2.33. The van der Waals surface area contributed by atoms with Crippen LogP contribution in [0.5, 0.6) is 11.5 Å². The molecule has 0 saturated carbocycles. The van der Waals surface area contributed by atoms with Crippen molar-refractivity contribution in [3.05, 3.63) is 57.6 Å². The fourth-order valence-corrected chi connectivity index (χ4v) is 2.47. The molecule has 2 aromatic carbocycles. The predicted molar refractivity (Wildman–Crippen MR) is 89.7 cm³/mol. The van der Waals surface area contributed by atoms with Gasteiger partial charge >= 0.3 is 0 Å². The zero-order valence-electron chi connectivity index (χ0n) is 12.2. The fraction of sp³-hybridized carbons (Fsp3) is 0.294. The fourth-order valence-electron chi connectivity index (χ4n) is 2.02. The quantitative estimate of drug-likeness (QED) is 0.699. The number of benzene rings is 2. The van der Waals surface area contributed by atoms with Gasteiger partial charge in [-0.25, -0.2) is 0 Å². The van der Waals surface area contributed by atoms with E-state index in [1.165, 1.54) is 5.56 Å². The summed E-state index contributed by atoms with van der Waals surface area (Å²) in [6.07, 6.45) is 1.13. The highest BCUT2D eigenvalue weighted by molar-refractivity contribution is 6.35. The molecular formula is C17H19Cl2NO. The van der Waals surface area contributed by atoms with Gasteiger partial charge in [-0.2, -0.15) is 0 Å². The Morgan fingerprint density at radius 3 is 2.48 bits per heavy atom. The number of hydrogen-bond donors (Lipinski definition) is 1. The number of ether oxygens (including phenoxy) is 1. The van der Waals surface area contributed by atoms with Crippen molar-refractivity contribution >= 4 is 23.2 Å². The highest BCUT2D eigenvalue weighted by Crippen LogP contribution is 2.33. The number of hydrogen-bond acceptors (Lipinski definition) is 2. The first-order valence-corrected chi connectivity index (χ1v) is 7.79. The van der Waals surface area contributed by atoms with Gasteiger partial charge in [0.15, 0.2) is 0 Å². The van der Waals surface area contributed by atoms with Gasteiger partial charge in [-0.1, -0.05) is 42.3 Å². The van der Waals surface area contributed by atoms with Gasteiger partial charge in [0.2, 0.25) is 0 Å². The van der Waals surface area contributed by atoms with Gasteiger partial charge in [0.05, 0.1) is 5.02 Å². The third kappa shape index (κ3) is 4.63. The number of nitrogens with one attached hydrogen (secondary N) is 1. The number of rotatable bonds is 6. The Hall–Kier alpha value is -1.22. The Balaban J connectivity index is 2.10. The van der Waals surface area contributed by atoms with E-state index in [-0.39, 0.29) is 0 Å². The van der Waals surface area contributed by atoms with E-state index in [4.69, 9.17) is 27.9 Å². The first-order chi connectivity index (χ1) is 10.1. The molecule has 4 heteroatoms. The lowest BCUT2D eigenvalue weighted by Crippen LogP contribution is -2.13. The van der Waals surface area contributed by atoms with Gasteiger partial charge in [-0.05, 0) is 55.3 Å². The van der Waals surface area contributed by atoms with Crippen LogP contribution in [0.3, 0.4) is 0 Å². The van der Waals surface area contributed by atoms with Gasteiger partial charge < -0.3 is 10.1 Å². The van der Waals surface area contributed by atoms with Crippen molar-refractivity contribution in [2.24, 2.45) is 0 Å². The summed E-state index contributed by atoms with van der Waals surface area (Å²) in [5, 5.41) is 4.49. The maximum absolute atomic E-state index is 6.13. The minimum absolute atomic E-state index is 0.510. The van der Waals surface area contributed by atoms with E-state index in [2.05, 4.69) is 24.4 Å². The highest BCUT2D eigenvalue weighted by Gasteiger charge is 2.07. The lowest BCUT2D eigenvalue weighted by atomic mass is 10.1. The third-order valence-corrected chi connectivity index (χ3v) is 3.64. The molecule has 21 heavy (non-hydrogen) atoms. The summed E-state index contributed by atoms with van der Waals surface area (Å²) in [6.45, 7) is 6.09. The van der Waals surface area contributed by atoms with Crippen LogP contribution < -0.4 is 10.1 Å². The second-order valence-corrected chi connectivity index (χ2v) is 5.80. The first kappa shape index (κ1) is 16.2. The van der Waals surface area contributed by atoms with Gasteiger partial charge in [-0.3, -0.25) is 0 Å². The average Bonchev–Trinajstić information content (AvgIpc) is 2.44. The van der Waals surface area contributed by atoms with Crippen LogP contribution in [0.1, 0.15) is 24.5 Å². The number of halogens is 2. The van der Waals surface area contributed by atoms with Crippen LogP contribution in [0.25, 0.3) is 0 Å². The van der Waals surface area contributed by atoms with Crippen LogP contribution in [0.15, 0.2) is 36.4 Å². The Bertz CT molecular complexity index is 614. The highest BCUT2D eigenvalue weighted by atomic mass is 35.5. The number of aryl methyl sites for hydroxylation is 1. The van der Waals surface area contributed by atoms with E-state index < -0.39 is 0 Å². The molecule has 0 fully saturated rings. The van der Waals surface area contributed by atoms with Gasteiger partial charge in [-0.15, -0.1) is 0 Å². The second kappa shape index (κ2) is 7.69. The molecule has 2 aromatic rings. The molecule has 2 nitrogen and oxygen atoms in total. The molecule has 2 rings (SSSR count). The predicted octanol–water partition coefficient (Wildman–Crippen LogP) is 5.59. The van der Waals surface area contributed by atoms with Crippen molar-refractivity contribution in [3.8, 4) is 11.5 Å². The molecule has 0 atom stereocenters. The standard InChI is InChI=1S/C17H19Cl2NO/c1-3-8-20-11-13-4-6-16(12(2)9-13)21-17-7-5-14(18)10-15(17)19/h4-7,9-10,20H,3,8,11H2,1-2H3. The Labute approximate surface area is 136 Å². The second-order valence-electron chi connectivity index (χ2n) is 4.95. The summed E-state index contributed by atoms with van der Waals surface area (Å²) in [6, 6.07) is 11.4. The monoisotopic (exact) mass is 323 g/mol. The van der Waals surface area contributed by atoms with E-state index in [0.717, 1.165) is 30.8 Å². The van der Waals surface area contributed by atoms with Crippen LogP contribution in [-0.4, -0.2) is 6.54 Å². The maximum Gasteiger partial charge on any atom is 0.146 e. The van der Waals surface area contributed by atoms with E-state index in [1.807, 2.05) is 13.0 Å². The molecule has 0 unspecified atom stereocenters. The topological polar surface area (TPSA) is 21.3 Å². The minimum Gasteiger partial charge on any atom is -0.456 e. The third-order valence-electron chi connectivity index (χ3n) is 3.11. The van der Waals surface area contributed by atoms with Gasteiger partial charge in [0, 0.05) is 11.6 Å². The van der Waals surface area contributed by atoms with Crippen molar-refractivity contribution in [1.29, 1.82) is 0 Å². The normalized spacial score (nSPS) is 10.7. The summed E-state index contributed by atoms with van der Waals surface area (Å²) >= 11 is 12.0. The van der Waals surface area contributed by atoms with Crippen LogP contribution in [0.2, 0.25) is 10.0 Å². The molecule has 0 aliphatic carbocycles. The Morgan fingerprint density at radius 2 is 1.81 bits per heavy atom. The molecule has 0 aliphatic rings. The van der Waals surface area contributed by atoms with Crippen molar-refractivity contribution < 1.29 is 4.74 Å². The molecule has 0 spiro atoms. The van der Waals surface area contributed by atoms with E-state index in [1.54, 1.807) is 18.2 Å². The van der Waals surface area contributed by atoms with Crippen LogP contribution in [0, 0.1) is 6.92 Å². The average molecular weight is 324 g/mol. The zero-order valence-corrected chi connectivity index (χ0v) is 13.8. The zero-order chi connectivity index (χ0) is 15.2. The molecule has 0 bridgehead atoms. The molecule has 0 aromatic heterocycles. The molecular weight excluding hydrogens is 305 g/mol. The SMILES string of the molecule is CCCNCc1ccc(Oc2ccc(Cl)cc2Cl)c(C)c1. The lowest BCUT2D eigenvalue weighted by Gasteiger charge is -2.12. The van der Waals surface area contributed by atoms with Gasteiger partial charge in [0.25, 0.3) is 0 Å². The van der Waals surface area contributed by atoms with Crippen LogP contribution in [-0.2, 0) is 6.54 Å². The molecule has 1 N–H and O–H groups in total. The van der Waals surface area contributed by atoms with Crippen molar-refractivity contribution in [2.45, 2.75) is 26.8 Å². The largest absolute Gasteiger partial charge is 0.456 e. The van der Waals surface area contributed by atoms with Crippen molar-refractivity contribution in [3.63, 3.8) is 0 Å². The van der Waals surface area contributed by atoms with E-state index in [0.29, 0.717) is 15.8 Å². The summed E-state index contributed by atoms with van der Waals surface area (Å²) in [4.78, 5) is 0. The summed E-state index contributed by atoms with van der Waals surface area (Å²) in [5.74, 6) is 1.42. The van der Waals surface area contributed by atoms with E-state index >= 15 is 0 Å². The smallest absolute Gasteiger partial charge is 0.146 e. The first-order valence-electron chi connectivity index (χ1n) is 7.03. The van der Waals surface area contributed by atoms with Crippen LogP contribution >= 0.6 is 23.2 Å². The Kier molecular flexibility index (Phi) is 5.92. The molecule has 0 saturated heterocycles. The lowest BCUT2D eigenvalue weighted by molar-refractivity contribution is 0.479. The maximum atomic E-state index is 6.13. The van der Waals surface area contributed by atoms with Crippen molar-refractivity contribution in [1.82, 2.24) is 5.32 Å². The van der Waals surface area contributed by atoms with Crippen LogP contribution in [0.4, 0.5) is 0 Å². The Morgan fingerprint density at radius 1 is 1.05 bits per heavy atom. The molecule has 0 heterocycles. The van der Waals surface area contributed by atoms with Gasteiger partial charge in [0.1, 0.15) is 11.5 Å². The molecule has 0 aliphatic heterocycles. The van der Waals surface area contributed by atoms with Crippen molar-refractivity contribution in [2.75, 3.05) is 6.54 Å². The minimum atomic E-state index is 0.510. The molecule has 0 amide bonds. The summed E-state index contributed by atoms with van der Waals surface area (Å²) in [7, 11) is 0.